The molecule has 1 spiro atoms. The Morgan fingerprint density at radius 2 is 1.47 bits per heavy atom. The lowest BCUT2D eigenvalue weighted by molar-refractivity contribution is -0.197. The Morgan fingerprint density at radius 3 is 2.12 bits per heavy atom. The highest BCUT2D eigenvalue weighted by Crippen LogP contribution is 2.43. The van der Waals surface area contributed by atoms with Crippen LogP contribution in [0.25, 0.3) is 0 Å². The monoisotopic (exact) mass is 436 g/mol. The Bertz CT molecular complexity index is 877. The average molecular weight is 437 g/mol. The minimum Gasteiger partial charge on any atom is -0.370 e. The number of Topliss-reactive ketones (excluding diaryl/α,β-unsaturated/α-hetero) is 1. The number of hydrogen-bond acceptors (Lipinski definition) is 5. The van der Waals surface area contributed by atoms with Crippen molar-refractivity contribution >= 4 is 5.78 Å². The normalized spacial score (nSPS) is 29.6. The van der Waals surface area contributed by atoms with E-state index in [1.54, 1.807) is 0 Å². The molecule has 0 N–H and O–H groups in total. The van der Waals surface area contributed by atoms with Crippen molar-refractivity contribution in [2.24, 2.45) is 5.92 Å². The van der Waals surface area contributed by atoms with Crippen LogP contribution in [0.2, 0.25) is 0 Å². The molecule has 2 aliphatic carbocycles. The van der Waals surface area contributed by atoms with Gasteiger partial charge in [-0.3, -0.25) is 4.79 Å². The molecule has 4 atom stereocenters. The summed E-state index contributed by atoms with van der Waals surface area (Å²) in [5.74, 6) is -0.427. The third-order valence-electron chi connectivity index (χ3n) is 7.00. The van der Waals surface area contributed by atoms with Gasteiger partial charge < -0.3 is 18.9 Å². The Balaban J connectivity index is 1.31. The highest BCUT2D eigenvalue weighted by atomic mass is 16.7. The van der Waals surface area contributed by atoms with E-state index >= 15 is 0 Å². The second-order valence-corrected chi connectivity index (χ2v) is 9.25. The first-order valence-electron chi connectivity index (χ1n) is 11.9. The number of benzene rings is 2. The largest absolute Gasteiger partial charge is 0.370 e. The molecule has 1 saturated heterocycles. The Labute approximate surface area is 190 Å². The standard InChI is InChI=1S/C27H32O5/c28-23-16-22(24-19-31-27(32-24)14-8-3-9-15-27)25(29-17-20-10-4-1-5-11-20)26(23)30-18-21-12-6-2-7-13-21/h1-2,4-7,10-13,22,24-26H,3,8-9,14-19H2/t22-,24-,25-,26+/m1/s1. The number of carbonyl (C=O) groups is 1. The first-order valence-corrected chi connectivity index (χ1v) is 11.9. The Hall–Kier alpha value is -2.05. The minimum absolute atomic E-state index is 0.0618. The summed E-state index contributed by atoms with van der Waals surface area (Å²) in [6.07, 6.45) is 4.71. The van der Waals surface area contributed by atoms with Crippen LogP contribution in [0, 0.1) is 5.92 Å². The lowest BCUT2D eigenvalue weighted by atomic mass is 9.94. The molecule has 2 saturated carbocycles. The summed E-state index contributed by atoms with van der Waals surface area (Å²) in [6, 6.07) is 20.0. The topological polar surface area (TPSA) is 54.0 Å². The molecule has 170 valence electrons. The van der Waals surface area contributed by atoms with Gasteiger partial charge >= 0.3 is 0 Å². The van der Waals surface area contributed by atoms with E-state index in [0.717, 1.165) is 36.8 Å². The Kier molecular flexibility index (Phi) is 6.69. The third kappa shape index (κ3) is 4.81. The summed E-state index contributed by atoms with van der Waals surface area (Å²) >= 11 is 0. The van der Waals surface area contributed by atoms with Crippen LogP contribution in [-0.4, -0.2) is 36.5 Å². The second kappa shape index (κ2) is 9.84. The zero-order valence-corrected chi connectivity index (χ0v) is 18.5. The van der Waals surface area contributed by atoms with Crippen molar-refractivity contribution in [3.05, 3.63) is 71.8 Å². The van der Waals surface area contributed by atoms with Crippen molar-refractivity contribution < 1.29 is 23.7 Å². The highest BCUT2D eigenvalue weighted by Gasteiger charge is 2.53. The van der Waals surface area contributed by atoms with Crippen molar-refractivity contribution in [3.63, 3.8) is 0 Å². The predicted molar refractivity (Wildman–Crippen MR) is 120 cm³/mol. The first-order chi connectivity index (χ1) is 15.7. The fourth-order valence-corrected chi connectivity index (χ4v) is 5.28. The zero-order chi connectivity index (χ0) is 21.8. The maximum atomic E-state index is 13.1. The van der Waals surface area contributed by atoms with E-state index in [9.17, 15) is 4.79 Å². The van der Waals surface area contributed by atoms with Gasteiger partial charge in [0.2, 0.25) is 0 Å². The fourth-order valence-electron chi connectivity index (χ4n) is 5.28. The van der Waals surface area contributed by atoms with Crippen molar-refractivity contribution in [2.75, 3.05) is 6.61 Å². The van der Waals surface area contributed by atoms with Crippen LogP contribution in [0.15, 0.2) is 60.7 Å². The van der Waals surface area contributed by atoms with E-state index in [2.05, 4.69) is 0 Å². The third-order valence-corrected chi connectivity index (χ3v) is 7.00. The van der Waals surface area contributed by atoms with Gasteiger partial charge in [-0.2, -0.15) is 0 Å². The lowest BCUT2D eigenvalue weighted by Gasteiger charge is -2.33. The quantitative estimate of drug-likeness (QED) is 0.623. The molecule has 2 aromatic carbocycles. The lowest BCUT2D eigenvalue weighted by Crippen LogP contribution is -2.40. The highest BCUT2D eigenvalue weighted by molar-refractivity contribution is 5.86. The Morgan fingerprint density at radius 1 is 0.844 bits per heavy atom. The van der Waals surface area contributed by atoms with Crippen LogP contribution in [0.4, 0.5) is 0 Å². The summed E-state index contributed by atoms with van der Waals surface area (Å²) in [6.45, 7) is 1.36. The summed E-state index contributed by atoms with van der Waals surface area (Å²) in [7, 11) is 0. The van der Waals surface area contributed by atoms with Gasteiger partial charge in [-0.25, -0.2) is 0 Å². The molecule has 0 aromatic heterocycles. The summed E-state index contributed by atoms with van der Waals surface area (Å²) in [5.41, 5.74) is 2.13. The molecule has 0 radical (unpaired) electrons. The maximum Gasteiger partial charge on any atom is 0.168 e. The van der Waals surface area contributed by atoms with E-state index in [-0.39, 0.29) is 23.9 Å². The van der Waals surface area contributed by atoms with E-state index in [0.29, 0.717) is 26.2 Å². The van der Waals surface area contributed by atoms with Crippen molar-refractivity contribution in [1.82, 2.24) is 0 Å². The van der Waals surface area contributed by atoms with Gasteiger partial charge in [-0.1, -0.05) is 67.1 Å². The van der Waals surface area contributed by atoms with Crippen LogP contribution in [0.5, 0.6) is 0 Å². The van der Waals surface area contributed by atoms with Gasteiger partial charge in [-0.05, 0) is 24.0 Å². The number of ether oxygens (including phenoxy) is 4. The number of ketones is 1. The predicted octanol–water partition coefficient (Wildman–Crippen LogP) is 4.82. The summed E-state index contributed by atoms with van der Waals surface area (Å²) in [5, 5.41) is 0. The van der Waals surface area contributed by atoms with Crippen LogP contribution in [-0.2, 0) is 37.0 Å². The van der Waals surface area contributed by atoms with Gasteiger partial charge in [0.25, 0.3) is 0 Å². The van der Waals surface area contributed by atoms with E-state index < -0.39 is 11.9 Å². The van der Waals surface area contributed by atoms with Crippen molar-refractivity contribution in [1.29, 1.82) is 0 Å². The molecular weight excluding hydrogens is 404 g/mol. The second-order valence-electron chi connectivity index (χ2n) is 9.25. The maximum absolute atomic E-state index is 13.1. The molecule has 5 heteroatoms. The molecule has 32 heavy (non-hydrogen) atoms. The molecule has 2 aromatic rings. The number of rotatable bonds is 7. The van der Waals surface area contributed by atoms with Crippen LogP contribution >= 0.6 is 0 Å². The van der Waals surface area contributed by atoms with Gasteiger partial charge in [0, 0.05) is 25.2 Å². The number of carbonyl (C=O) groups excluding carboxylic acids is 1. The molecule has 0 bridgehead atoms. The smallest absolute Gasteiger partial charge is 0.168 e. The SMILES string of the molecule is O=C1C[C@H]([C@H]2COC3(CCCCC3)O2)[C@@H](OCc2ccccc2)[C@H]1OCc1ccccc1. The molecule has 5 rings (SSSR count). The van der Waals surface area contributed by atoms with Gasteiger partial charge in [0.15, 0.2) is 11.6 Å². The van der Waals surface area contributed by atoms with Gasteiger partial charge in [0.1, 0.15) is 6.10 Å². The van der Waals surface area contributed by atoms with Gasteiger partial charge in [0.05, 0.1) is 32.0 Å². The molecular formula is C27H32O5. The molecule has 5 nitrogen and oxygen atoms in total. The molecule has 1 aliphatic heterocycles. The summed E-state index contributed by atoms with van der Waals surface area (Å²) in [4.78, 5) is 13.1. The summed E-state index contributed by atoms with van der Waals surface area (Å²) < 4.78 is 25.2. The average Bonchev–Trinajstić information content (AvgIpc) is 3.38. The zero-order valence-electron chi connectivity index (χ0n) is 18.5. The van der Waals surface area contributed by atoms with E-state index in [1.807, 2.05) is 60.7 Å². The fraction of sp³-hybridized carbons (Fsp3) is 0.519. The molecule has 0 unspecified atom stereocenters. The molecule has 3 fully saturated rings. The van der Waals surface area contributed by atoms with Crippen LogP contribution in [0.1, 0.15) is 49.7 Å². The number of hydrogen-bond donors (Lipinski definition) is 0. The van der Waals surface area contributed by atoms with E-state index in [1.165, 1.54) is 6.42 Å². The molecule has 3 aliphatic rings. The van der Waals surface area contributed by atoms with E-state index in [4.69, 9.17) is 18.9 Å². The molecule has 1 heterocycles. The van der Waals surface area contributed by atoms with Crippen LogP contribution in [0.3, 0.4) is 0 Å². The van der Waals surface area contributed by atoms with Crippen molar-refractivity contribution in [2.45, 2.75) is 75.8 Å². The van der Waals surface area contributed by atoms with Gasteiger partial charge in [-0.15, -0.1) is 0 Å². The first kappa shape index (κ1) is 21.8. The minimum atomic E-state index is -0.588. The molecule has 0 amide bonds. The van der Waals surface area contributed by atoms with Crippen LogP contribution < -0.4 is 0 Å². The van der Waals surface area contributed by atoms with Crippen molar-refractivity contribution in [3.8, 4) is 0 Å².